The Kier molecular flexibility index (Phi) is 3.84. The van der Waals surface area contributed by atoms with Crippen molar-refractivity contribution in [2.24, 2.45) is 0 Å². The van der Waals surface area contributed by atoms with E-state index in [0.717, 1.165) is 0 Å². The molecule has 12 heteroatoms. The van der Waals surface area contributed by atoms with Crippen LogP contribution in [0.3, 0.4) is 0 Å². The van der Waals surface area contributed by atoms with Crippen molar-refractivity contribution < 1.29 is 60.5 Å². The number of aliphatic hydroxyl groups excluding tert-OH is 6. The van der Waals surface area contributed by atoms with Crippen LogP contribution in [0, 0.1) is 0 Å². The molecule has 24 heavy (non-hydrogen) atoms. The van der Waals surface area contributed by atoms with Crippen molar-refractivity contribution in [3.63, 3.8) is 0 Å². The fourth-order valence-corrected chi connectivity index (χ4v) is 3.99. The van der Waals surface area contributed by atoms with Crippen LogP contribution in [0.15, 0.2) is 0 Å². The van der Waals surface area contributed by atoms with Crippen molar-refractivity contribution in [2.75, 3.05) is 13.2 Å². The van der Waals surface area contributed by atoms with Crippen LogP contribution in [-0.4, -0.2) is 124 Å². The van der Waals surface area contributed by atoms with E-state index in [4.69, 9.17) is 9.47 Å². The summed E-state index contributed by atoms with van der Waals surface area (Å²) >= 11 is 0. The second-order valence-corrected chi connectivity index (χ2v) is 6.39. The van der Waals surface area contributed by atoms with Gasteiger partial charge in [-0.1, -0.05) is 0 Å². The molecule has 0 spiro atoms. The van der Waals surface area contributed by atoms with E-state index in [1.165, 1.54) is 0 Å². The molecule has 4 aliphatic rings. The molecular formula is C12H20O12. The van der Waals surface area contributed by atoms with E-state index in [2.05, 4.69) is 0 Å². The minimum absolute atomic E-state index is 0.979. The topological polar surface area (TPSA) is 221 Å². The third-order valence-corrected chi connectivity index (χ3v) is 5.38. The van der Waals surface area contributed by atoms with Crippen LogP contribution in [0.4, 0.5) is 0 Å². The van der Waals surface area contributed by atoms with Gasteiger partial charge in [0.05, 0.1) is 13.2 Å². The maximum Gasteiger partial charge on any atom is 0.260 e. The number of hydrogen-bond donors (Lipinski definition) is 10. The van der Waals surface area contributed by atoms with E-state index < -0.39 is 72.6 Å². The van der Waals surface area contributed by atoms with E-state index in [-0.39, 0.29) is 0 Å². The highest BCUT2D eigenvalue weighted by atomic mass is 16.8. The van der Waals surface area contributed by atoms with Gasteiger partial charge in [-0.3, -0.25) is 0 Å². The van der Waals surface area contributed by atoms with Gasteiger partial charge in [0.2, 0.25) is 0 Å². The largest absolute Gasteiger partial charge is 0.394 e. The van der Waals surface area contributed by atoms with Crippen LogP contribution in [0.2, 0.25) is 0 Å². The van der Waals surface area contributed by atoms with Gasteiger partial charge in [-0.05, 0) is 0 Å². The Morgan fingerprint density at radius 1 is 0.750 bits per heavy atom. The van der Waals surface area contributed by atoms with Crippen molar-refractivity contribution in [1.82, 2.24) is 0 Å². The zero-order valence-corrected chi connectivity index (χ0v) is 12.2. The second kappa shape index (κ2) is 5.03. The summed E-state index contributed by atoms with van der Waals surface area (Å²) in [6, 6.07) is 0. The van der Waals surface area contributed by atoms with Gasteiger partial charge >= 0.3 is 0 Å². The highest BCUT2D eigenvalue weighted by molar-refractivity contribution is 5.33. The first-order chi connectivity index (χ1) is 11.0. The molecule has 4 rings (SSSR count). The third-order valence-electron chi connectivity index (χ3n) is 5.38. The van der Waals surface area contributed by atoms with E-state index in [1.807, 2.05) is 0 Å². The van der Waals surface area contributed by atoms with Crippen molar-refractivity contribution in [3.05, 3.63) is 0 Å². The summed E-state index contributed by atoms with van der Waals surface area (Å²) in [6.45, 7) is -2.08. The van der Waals surface area contributed by atoms with Gasteiger partial charge in [-0.25, -0.2) is 0 Å². The maximum absolute atomic E-state index is 10.9. The minimum Gasteiger partial charge on any atom is -0.394 e. The summed E-state index contributed by atoms with van der Waals surface area (Å²) in [4.78, 5) is 0. The Balaban J connectivity index is 2.27. The van der Waals surface area contributed by atoms with Gasteiger partial charge in [-0.2, -0.15) is 0 Å². The van der Waals surface area contributed by atoms with Crippen molar-refractivity contribution in [2.45, 2.75) is 59.4 Å². The number of fused-ring (bicyclic) bond motifs is 2. The molecule has 10 N–H and O–H groups in total. The molecule has 3 saturated heterocycles. The van der Waals surface area contributed by atoms with Crippen LogP contribution in [0.5, 0.6) is 0 Å². The predicted octanol–water partition coefficient (Wildman–Crippen LogP) is -6.93. The fourth-order valence-electron chi connectivity index (χ4n) is 3.99. The van der Waals surface area contributed by atoms with E-state index in [9.17, 15) is 51.1 Å². The molecular weight excluding hydrogens is 336 g/mol. The van der Waals surface area contributed by atoms with Gasteiger partial charge in [0.1, 0.15) is 36.6 Å². The molecule has 0 amide bonds. The molecule has 140 valence electrons. The standard InChI is InChI=1S/C12H20O12/c13-1-3-5(15)6(16)10(20)9(19)4(2-14)24-11(21,8(18)7(9)17)12(10,22)23-3/h3-8,13-22H,1-2H2/t3-,4-,5+,6+,7-,8-,9-,10-,11-,12-/m1/s1. The number of ether oxygens (including phenoxy) is 2. The Morgan fingerprint density at radius 2 is 1.33 bits per heavy atom. The average molecular weight is 356 g/mol. The van der Waals surface area contributed by atoms with Gasteiger partial charge in [0.25, 0.3) is 11.6 Å². The molecule has 1 saturated carbocycles. The molecule has 2 bridgehead atoms. The molecule has 4 fully saturated rings. The molecule has 3 heterocycles. The van der Waals surface area contributed by atoms with Gasteiger partial charge in [-0.15, -0.1) is 0 Å². The zero-order valence-electron chi connectivity index (χ0n) is 12.2. The Morgan fingerprint density at radius 3 is 1.83 bits per heavy atom. The molecule has 0 aromatic rings. The van der Waals surface area contributed by atoms with Crippen molar-refractivity contribution in [3.8, 4) is 0 Å². The fraction of sp³-hybridized carbons (Fsp3) is 1.00. The van der Waals surface area contributed by atoms with Crippen LogP contribution in [-0.2, 0) is 9.47 Å². The third kappa shape index (κ3) is 1.55. The van der Waals surface area contributed by atoms with Crippen LogP contribution in [0.25, 0.3) is 0 Å². The maximum atomic E-state index is 10.9. The lowest BCUT2D eigenvalue weighted by Crippen LogP contribution is -3.00. The zero-order chi connectivity index (χ0) is 18.3. The van der Waals surface area contributed by atoms with Gasteiger partial charge < -0.3 is 60.5 Å². The first-order valence-corrected chi connectivity index (χ1v) is 7.16. The number of hydrogen-bond acceptors (Lipinski definition) is 12. The van der Waals surface area contributed by atoms with Crippen LogP contribution in [0.1, 0.15) is 0 Å². The monoisotopic (exact) mass is 356 g/mol. The molecule has 1 aliphatic carbocycles. The lowest BCUT2D eigenvalue weighted by atomic mass is 9.53. The summed E-state index contributed by atoms with van der Waals surface area (Å²) in [5.74, 6) is -6.78. The summed E-state index contributed by atoms with van der Waals surface area (Å²) in [5, 5.41) is 102. The number of rotatable bonds is 2. The first kappa shape index (κ1) is 18.3. The average Bonchev–Trinajstić information content (AvgIpc) is 2.56. The second-order valence-electron chi connectivity index (χ2n) is 6.39. The Hall–Kier alpha value is -0.480. The van der Waals surface area contributed by atoms with Crippen LogP contribution < -0.4 is 0 Å². The molecule has 0 aromatic heterocycles. The van der Waals surface area contributed by atoms with Crippen molar-refractivity contribution >= 4 is 0 Å². The number of aliphatic hydroxyl groups is 10. The predicted molar refractivity (Wildman–Crippen MR) is 67.7 cm³/mol. The molecule has 12 nitrogen and oxygen atoms in total. The van der Waals surface area contributed by atoms with E-state index in [1.54, 1.807) is 0 Å². The molecule has 10 atom stereocenters. The summed E-state index contributed by atoms with van der Waals surface area (Å²) in [7, 11) is 0. The van der Waals surface area contributed by atoms with E-state index >= 15 is 0 Å². The summed E-state index contributed by atoms with van der Waals surface area (Å²) in [5.41, 5.74) is -6.55. The SMILES string of the molecule is OC[C@H]1O[C@]2(O)[C@@](O)([C@@H](O)[C@H]1O)[C@]1(O)[C@H](O)[C@@H](O)[C@@]2(O)O[C@@H]1CO. The summed E-state index contributed by atoms with van der Waals surface area (Å²) in [6.07, 6.45) is -13.1. The normalized spacial score (nSPS) is 63.2. The highest BCUT2D eigenvalue weighted by Gasteiger charge is 2.91. The van der Waals surface area contributed by atoms with Gasteiger partial charge in [0, 0.05) is 0 Å². The first-order valence-electron chi connectivity index (χ1n) is 7.16. The Bertz CT molecular complexity index is 528. The molecule has 0 unspecified atom stereocenters. The van der Waals surface area contributed by atoms with Crippen molar-refractivity contribution in [1.29, 1.82) is 0 Å². The summed E-state index contributed by atoms with van der Waals surface area (Å²) < 4.78 is 9.74. The lowest BCUT2D eigenvalue weighted by Gasteiger charge is -2.72. The highest BCUT2D eigenvalue weighted by Crippen LogP contribution is 2.61. The quantitative estimate of drug-likeness (QED) is 0.223. The molecule has 3 aliphatic heterocycles. The van der Waals surface area contributed by atoms with Gasteiger partial charge in [0.15, 0.2) is 11.2 Å². The minimum atomic E-state index is -3.47. The van der Waals surface area contributed by atoms with E-state index in [0.29, 0.717) is 0 Å². The van der Waals surface area contributed by atoms with Crippen LogP contribution >= 0.6 is 0 Å². The smallest absolute Gasteiger partial charge is 0.260 e. The Labute approximate surface area is 134 Å². The molecule has 0 aromatic carbocycles. The molecule has 0 radical (unpaired) electrons. The lowest BCUT2D eigenvalue weighted by molar-refractivity contribution is -0.581.